The van der Waals surface area contributed by atoms with Crippen molar-refractivity contribution in [1.29, 1.82) is 0 Å². The Kier molecular flexibility index (Phi) is 4.70. The molecule has 0 radical (unpaired) electrons. The van der Waals surface area contributed by atoms with E-state index in [1.54, 1.807) is 0 Å². The average molecular weight is 278 g/mol. The van der Waals surface area contributed by atoms with Crippen LogP contribution in [0.25, 0.3) is 0 Å². The number of nitrogens with zero attached hydrogens (tertiary/aromatic N) is 3. The summed E-state index contributed by atoms with van der Waals surface area (Å²) in [4.78, 5) is 2.58. The third-order valence-electron chi connectivity index (χ3n) is 4.35. The summed E-state index contributed by atoms with van der Waals surface area (Å²) in [5.41, 5.74) is 1.22. The Morgan fingerprint density at radius 2 is 2.20 bits per heavy atom. The van der Waals surface area contributed by atoms with Crippen molar-refractivity contribution in [3.05, 3.63) is 18.0 Å². The molecule has 0 bridgehead atoms. The van der Waals surface area contributed by atoms with E-state index in [0.29, 0.717) is 0 Å². The lowest BCUT2D eigenvalue weighted by Crippen LogP contribution is -2.47. The number of aromatic nitrogens is 2. The number of hydrogen-bond acceptors (Lipinski definition) is 4. The maximum atomic E-state index is 5.90. The molecule has 0 aromatic carbocycles. The molecule has 5 heteroatoms. The van der Waals surface area contributed by atoms with Crippen LogP contribution < -0.4 is 5.32 Å². The highest BCUT2D eigenvalue weighted by Gasteiger charge is 2.24. The lowest BCUT2D eigenvalue weighted by atomic mass is 9.97. The summed E-state index contributed by atoms with van der Waals surface area (Å²) in [5, 5.41) is 7.80. The van der Waals surface area contributed by atoms with Crippen LogP contribution in [0.1, 0.15) is 18.4 Å². The molecule has 0 aliphatic carbocycles. The molecule has 2 aliphatic heterocycles. The van der Waals surface area contributed by atoms with E-state index in [-0.39, 0.29) is 6.10 Å². The second-order valence-electron chi connectivity index (χ2n) is 6.19. The van der Waals surface area contributed by atoms with Crippen LogP contribution in [0.15, 0.2) is 12.4 Å². The fourth-order valence-corrected chi connectivity index (χ4v) is 3.26. The number of nitrogens with one attached hydrogen (secondary N) is 1. The number of piperidine rings is 1. The maximum Gasteiger partial charge on any atom is 0.0898 e. The van der Waals surface area contributed by atoms with Crippen molar-refractivity contribution < 1.29 is 4.74 Å². The molecule has 2 saturated heterocycles. The van der Waals surface area contributed by atoms with Crippen molar-refractivity contribution >= 4 is 0 Å². The largest absolute Gasteiger partial charge is 0.374 e. The Morgan fingerprint density at radius 1 is 1.35 bits per heavy atom. The van der Waals surface area contributed by atoms with Gasteiger partial charge in [0.2, 0.25) is 0 Å². The van der Waals surface area contributed by atoms with Crippen molar-refractivity contribution in [3.63, 3.8) is 0 Å². The van der Waals surface area contributed by atoms with Crippen LogP contribution in [0.3, 0.4) is 0 Å². The molecule has 1 aromatic heterocycles. The van der Waals surface area contributed by atoms with Crippen LogP contribution in [0.5, 0.6) is 0 Å². The topological polar surface area (TPSA) is 42.3 Å². The highest BCUT2D eigenvalue weighted by molar-refractivity contribution is 4.99. The Balaban J connectivity index is 1.48. The van der Waals surface area contributed by atoms with E-state index in [2.05, 4.69) is 28.4 Å². The van der Waals surface area contributed by atoms with Crippen LogP contribution in [-0.2, 0) is 11.3 Å². The molecule has 112 valence electrons. The van der Waals surface area contributed by atoms with Crippen LogP contribution in [0.4, 0.5) is 0 Å². The summed E-state index contributed by atoms with van der Waals surface area (Å²) in [5.74, 6) is 0.863. The van der Waals surface area contributed by atoms with Gasteiger partial charge in [-0.2, -0.15) is 5.10 Å². The first-order chi connectivity index (χ1) is 9.79. The molecule has 1 aromatic rings. The molecular weight excluding hydrogens is 252 g/mol. The summed E-state index contributed by atoms with van der Waals surface area (Å²) in [6.45, 7) is 9.54. The minimum atomic E-state index is 0.282. The van der Waals surface area contributed by atoms with Gasteiger partial charge in [-0.3, -0.25) is 9.58 Å². The zero-order chi connectivity index (χ0) is 13.8. The van der Waals surface area contributed by atoms with E-state index in [1.165, 1.54) is 38.0 Å². The summed E-state index contributed by atoms with van der Waals surface area (Å²) in [7, 11) is 0. The quantitative estimate of drug-likeness (QED) is 0.888. The summed E-state index contributed by atoms with van der Waals surface area (Å²) >= 11 is 0. The number of aryl methyl sites for hydroxylation is 1. The minimum Gasteiger partial charge on any atom is -0.374 e. The van der Waals surface area contributed by atoms with E-state index >= 15 is 0 Å². The fraction of sp³-hybridized carbons (Fsp3) is 0.800. The van der Waals surface area contributed by atoms with E-state index in [0.717, 1.165) is 32.2 Å². The lowest BCUT2D eigenvalue weighted by molar-refractivity contribution is -0.0426. The van der Waals surface area contributed by atoms with Gasteiger partial charge in [0.15, 0.2) is 0 Å². The standard InChI is InChI=1S/C15H26N4O/c1-13-8-17-19(9-13)12-15-11-18(6-7-20-15)10-14-2-4-16-5-3-14/h8-9,14-16H,2-7,10-12H2,1H3. The van der Waals surface area contributed by atoms with E-state index < -0.39 is 0 Å². The molecule has 0 saturated carbocycles. The number of rotatable bonds is 4. The molecule has 20 heavy (non-hydrogen) atoms. The van der Waals surface area contributed by atoms with E-state index in [9.17, 15) is 0 Å². The third kappa shape index (κ3) is 3.81. The molecule has 1 unspecified atom stereocenters. The lowest BCUT2D eigenvalue weighted by Gasteiger charge is -2.36. The molecule has 3 heterocycles. The zero-order valence-electron chi connectivity index (χ0n) is 12.4. The first-order valence-corrected chi connectivity index (χ1v) is 7.83. The van der Waals surface area contributed by atoms with E-state index in [1.807, 2.05) is 10.9 Å². The van der Waals surface area contributed by atoms with Crippen molar-refractivity contribution in [1.82, 2.24) is 20.0 Å². The molecule has 5 nitrogen and oxygen atoms in total. The fourth-order valence-electron chi connectivity index (χ4n) is 3.26. The maximum absolute atomic E-state index is 5.90. The summed E-state index contributed by atoms with van der Waals surface area (Å²) < 4.78 is 7.90. The normalized spacial score (nSPS) is 25.9. The van der Waals surface area contributed by atoms with Crippen LogP contribution >= 0.6 is 0 Å². The Hall–Kier alpha value is -0.910. The number of ether oxygens (including phenoxy) is 1. The molecule has 1 N–H and O–H groups in total. The van der Waals surface area contributed by atoms with Gasteiger partial charge in [0.25, 0.3) is 0 Å². The van der Waals surface area contributed by atoms with Crippen molar-refractivity contribution in [2.45, 2.75) is 32.4 Å². The van der Waals surface area contributed by atoms with Gasteiger partial charge in [-0.15, -0.1) is 0 Å². The molecule has 2 fully saturated rings. The SMILES string of the molecule is Cc1cnn(CC2CN(CC3CCNCC3)CCO2)c1. The van der Waals surface area contributed by atoms with Gasteiger partial charge in [-0.25, -0.2) is 0 Å². The van der Waals surface area contributed by atoms with E-state index in [4.69, 9.17) is 4.74 Å². The van der Waals surface area contributed by atoms with Gasteiger partial charge in [-0.05, 0) is 44.3 Å². The molecule has 1 atom stereocenters. The Bertz CT molecular complexity index is 414. The molecule has 2 aliphatic rings. The van der Waals surface area contributed by atoms with Crippen LogP contribution in [-0.4, -0.2) is 60.1 Å². The van der Waals surface area contributed by atoms with Gasteiger partial charge >= 0.3 is 0 Å². The first-order valence-electron chi connectivity index (χ1n) is 7.83. The third-order valence-corrected chi connectivity index (χ3v) is 4.35. The number of hydrogen-bond donors (Lipinski definition) is 1. The molecule has 0 amide bonds. The number of morpholine rings is 1. The first kappa shape index (κ1) is 14.0. The predicted molar refractivity (Wildman–Crippen MR) is 78.7 cm³/mol. The highest BCUT2D eigenvalue weighted by Crippen LogP contribution is 2.16. The summed E-state index contributed by atoms with van der Waals surface area (Å²) in [6.07, 6.45) is 6.93. The second-order valence-corrected chi connectivity index (χ2v) is 6.19. The Morgan fingerprint density at radius 3 is 2.95 bits per heavy atom. The van der Waals surface area contributed by atoms with Gasteiger partial charge in [0.05, 0.1) is 25.5 Å². The smallest absolute Gasteiger partial charge is 0.0898 e. The van der Waals surface area contributed by atoms with Gasteiger partial charge in [-0.1, -0.05) is 0 Å². The van der Waals surface area contributed by atoms with Crippen molar-refractivity contribution in [2.24, 2.45) is 5.92 Å². The average Bonchev–Trinajstić information content (AvgIpc) is 2.86. The monoisotopic (exact) mass is 278 g/mol. The summed E-state index contributed by atoms with van der Waals surface area (Å²) in [6, 6.07) is 0. The highest BCUT2D eigenvalue weighted by atomic mass is 16.5. The van der Waals surface area contributed by atoms with Crippen molar-refractivity contribution in [2.75, 3.05) is 39.3 Å². The molecule has 0 spiro atoms. The zero-order valence-corrected chi connectivity index (χ0v) is 12.4. The van der Waals surface area contributed by atoms with Gasteiger partial charge < -0.3 is 10.1 Å². The van der Waals surface area contributed by atoms with Crippen LogP contribution in [0, 0.1) is 12.8 Å². The molecular formula is C15H26N4O. The van der Waals surface area contributed by atoms with Gasteiger partial charge in [0, 0.05) is 25.8 Å². The van der Waals surface area contributed by atoms with Crippen molar-refractivity contribution in [3.8, 4) is 0 Å². The van der Waals surface area contributed by atoms with Crippen LogP contribution in [0.2, 0.25) is 0 Å². The molecule has 3 rings (SSSR count). The predicted octanol–water partition coefficient (Wildman–Crippen LogP) is 0.892. The second kappa shape index (κ2) is 6.70. The Labute approximate surface area is 121 Å². The van der Waals surface area contributed by atoms with Gasteiger partial charge in [0.1, 0.15) is 0 Å². The minimum absolute atomic E-state index is 0.282.